The van der Waals surface area contributed by atoms with E-state index >= 15 is 0 Å². The van der Waals surface area contributed by atoms with E-state index in [1.54, 1.807) is 0 Å². The van der Waals surface area contributed by atoms with Gasteiger partial charge in [-0.3, -0.25) is 4.79 Å². The molecule has 0 unspecified atom stereocenters. The summed E-state index contributed by atoms with van der Waals surface area (Å²) in [5.41, 5.74) is 6.02. The van der Waals surface area contributed by atoms with Crippen LogP contribution in [0.3, 0.4) is 0 Å². The molecule has 0 bridgehead atoms. The maximum absolute atomic E-state index is 11.2. The summed E-state index contributed by atoms with van der Waals surface area (Å²) < 4.78 is 4.62. The Morgan fingerprint density at radius 1 is 1.50 bits per heavy atom. The highest BCUT2D eigenvalue weighted by Crippen LogP contribution is 2.19. The Hall–Kier alpha value is -2.08. The van der Waals surface area contributed by atoms with Crippen LogP contribution in [0.1, 0.15) is 10.4 Å². The highest BCUT2D eigenvalue weighted by atomic mass is 16.5. The molecule has 1 aromatic rings. The minimum atomic E-state index is -1.13. The molecule has 0 aliphatic rings. The highest BCUT2D eigenvalue weighted by molar-refractivity contribution is 6.01. The topological polar surface area (TPSA) is 102 Å². The normalized spacial score (nSPS) is 9.81. The van der Waals surface area contributed by atoms with Crippen molar-refractivity contribution in [3.05, 3.63) is 23.8 Å². The van der Waals surface area contributed by atoms with Gasteiger partial charge >= 0.3 is 5.97 Å². The van der Waals surface area contributed by atoms with Crippen LogP contribution in [0.5, 0.6) is 0 Å². The zero-order valence-corrected chi connectivity index (χ0v) is 8.69. The summed E-state index contributed by atoms with van der Waals surface area (Å²) in [4.78, 5) is 22.1. The summed E-state index contributed by atoms with van der Waals surface area (Å²) in [5.74, 6) is -1.57. The van der Waals surface area contributed by atoms with E-state index in [4.69, 9.17) is 10.8 Å². The number of amides is 1. The summed E-state index contributed by atoms with van der Waals surface area (Å²) in [6.07, 6.45) is 0. The van der Waals surface area contributed by atoms with Gasteiger partial charge in [0.2, 0.25) is 5.91 Å². The molecule has 1 rings (SSSR count). The number of nitrogen functional groups attached to an aromatic ring is 1. The number of benzene rings is 1. The lowest BCUT2D eigenvalue weighted by Crippen LogP contribution is -2.19. The Morgan fingerprint density at radius 3 is 2.75 bits per heavy atom. The van der Waals surface area contributed by atoms with Crippen LogP contribution >= 0.6 is 0 Å². The first-order chi connectivity index (χ1) is 7.54. The average Bonchev–Trinajstić information content (AvgIpc) is 2.17. The van der Waals surface area contributed by atoms with Gasteiger partial charge in [0.25, 0.3) is 0 Å². The van der Waals surface area contributed by atoms with Crippen molar-refractivity contribution < 1.29 is 19.4 Å². The van der Waals surface area contributed by atoms with Crippen LogP contribution in [0.15, 0.2) is 18.2 Å². The fourth-order valence-electron chi connectivity index (χ4n) is 1.17. The minimum Gasteiger partial charge on any atom is -0.478 e. The van der Waals surface area contributed by atoms with Gasteiger partial charge in [0.05, 0.1) is 11.3 Å². The number of methoxy groups -OCH3 is 1. The van der Waals surface area contributed by atoms with E-state index in [1.807, 2.05) is 0 Å². The maximum atomic E-state index is 11.2. The first-order valence-corrected chi connectivity index (χ1v) is 4.46. The standard InChI is InChI=1S/C10H12N2O4/c1-16-5-9(13)12-8-4-6(11)2-3-7(8)10(14)15/h2-4H,5,11H2,1H3,(H,12,13)(H,14,15). The van der Waals surface area contributed by atoms with Crippen molar-refractivity contribution in [1.29, 1.82) is 0 Å². The number of ether oxygens (including phenoxy) is 1. The van der Waals surface area contributed by atoms with Crippen LogP contribution < -0.4 is 11.1 Å². The van der Waals surface area contributed by atoms with E-state index in [1.165, 1.54) is 25.3 Å². The number of aromatic carboxylic acids is 1. The molecule has 0 saturated carbocycles. The number of hydrogen-bond acceptors (Lipinski definition) is 4. The van der Waals surface area contributed by atoms with Crippen LogP contribution in [-0.4, -0.2) is 30.7 Å². The first-order valence-electron chi connectivity index (χ1n) is 4.46. The van der Waals surface area contributed by atoms with Gasteiger partial charge in [-0.25, -0.2) is 4.79 Å². The van der Waals surface area contributed by atoms with Gasteiger partial charge in [-0.2, -0.15) is 0 Å². The fourth-order valence-corrected chi connectivity index (χ4v) is 1.17. The average molecular weight is 224 g/mol. The number of rotatable bonds is 4. The van der Waals surface area contributed by atoms with Gasteiger partial charge < -0.3 is 20.9 Å². The smallest absolute Gasteiger partial charge is 0.337 e. The fraction of sp³-hybridized carbons (Fsp3) is 0.200. The molecule has 0 spiro atoms. The van der Waals surface area contributed by atoms with E-state index < -0.39 is 11.9 Å². The van der Waals surface area contributed by atoms with Gasteiger partial charge in [0.1, 0.15) is 6.61 Å². The summed E-state index contributed by atoms with van der Waals surface area (Å²) in [6.45, 7) is -0.145. The third-order valence-electron chi connectivity index (χ3n) is 1.82. The Bertz CT molecular complexity index is 417. The van der Waals surface area contributed by atoms with Crippen LogP contribution in [-0.2, 0) is 9.53 Å². The third-order valence-corrected chi connectivity index (χ3v) is 1.82. The molecule has 0 saturated heterocycles. The van der Waals surface area contributed by atoms with Crippen molar-refractivity contribution in [2.45, 2.75) is 0 Å². The predicted octanol–water partition coefficient (Wildman–Crippen LogP) is 0.552. The molecule has 0 atom stereocenters. The molecule has 1 amide bonds. The molecular weight excluding hydrogens is 212 g/mol. The number of hydrogen-bond donors (Lipinski definition) is 3. The van der Waals surface area contributed by atoms with E-state index in [9.17, 15) is 9.59 Å². The highest BCUT2D eigenvalue weighted by Gasteiger charge is 2.12. The van der Waals surface area contributed by atoms with Crippen molar-refractivity contribution in [3.8, 4) is 0 Å². The van der Waals surface area contributed by atoms with Crippen molar-refractivity contribution in [1.82, 2.24) is 0 Å². The van der Waals surface area contributed by atoms with Crippen molar-refractivity contribution >= 4 is 23.3 Å². The molecule has 0 aliphatic carbocycles. The van der Waals surface area contributed by atoms with E-state index in [-0.39, 0.29) is 17.9 Å². The first kappa shape index (κ1) is 12.0. The molecule has 16 heavy (non-hydrogen) atoms. The number of nitrogens with one attached hydrogen (secondary N) is 1. The van der Waals surface area contributed by atoms with Gasteiger partial charge in [0.15, 0.2) is 0 Å². The SMILES string of the molecule is COCC(=O)Nc1cc(N)ccc1C(=O)O. The number of anilines is 2. The lowest BCUT2D eigenvalue weighted by Gasteiger charge is -2.08. The number of carboxylic acids is 1. The number of carbonyl (C=O) groups is 2. The van der Waals surface area contributed by atoms with Crippen LogP contribution in [0.2, 0.25) is 0 Å². The van der Waals surface area contributed by atoms with E-state index in [0.717, 1.165) is 0 Å². The molecule has 0 aliphatic heterocycles. The summed E-state index contributed by atoms with van der Waals surface area (Å²) in [6, 6.07) is 4.17. The van der Waals surface area contributed by atoms with Crippen LogP contribution in [0.4, 0.5) is 11.4 Å². The quantitative estimate of drug-likeness (QED) is 0.648. The molecule has 0 radical (unpaired) electrons. The van der Waals surface area contributed by atoms with Gasteiger partial charge in [-0.15, -0.1) is 0 Å². The molecular formula is C10H12N2O4. The molecule has 0 fully saturated rings. The molecule has 4 N–H and O–H groups in total. The molecule has 1 aromatic carbocycles. The monoisotopic (exact) mass is 224 g/mol. The van der Waals surface area contributed by atoms with Crippen LogP contribution in [0, 0.1) is 0 Å². The second kappa shape index (κ2) is 5.13. The van der Waals surface area contributed by atoms with E-state index in [2.05, 4.69) is 10.1 Å². The van der Waals surface area contributed by atoms with Crippen molar-refractivity contribution in [3.63, 3.8) is 0 Å². The molecule has 0 heterocycles. The Morgan fingerprint density at radius 2 is 2.19 bits per heavy atom. The minimum absolute atomic E-state index is 0.0151. The number of carboxylic acid groups (broad SMARTS) is 1. The largest absolute Gasteiger partial charge is 0.478 e. The Kier molecular flexibility index (Phi) is 3.84. The number of carbonyl (C=O) groups excluding carboxylic acids is 1. The molecule has 6 heteroatoms. The summed E-state index contributed by atoms with van der Waals surface area (Å²) in [7, 11) is 1.37. The predicted molar refractivity (Wildman–Crippen MR) is 58.3 cm³/mol. The third kappa shape index (κ3) is 2.96. The lowest BCUT2D eigenvalue weighted by molar-refractivity contribution is -0.119. The summed E-state index contributed by atoms with van der Waals surface area (Å²) in [5, 5.41) is 11.3. The van der Waals surface area contributed by atoms with Gasteiger partial charge in [0, 0.05) is 12.8 Å². The second-order valence-electron chi connectivity index (χ2n) is 3.09. The number of nitrogens with two attached hydrogens (primary N) is 1. The Balaban J connectivity index is 2.96. The Labute approximate surface area is 92.0 Å². The zero-order valence-electron chi connectivity index (χ0n) is 8.69. The van der Waals surface area contributed by atoms with Crippen molar-refractivity contribution in [2.75, 3.05) is 24.8 Å². The molecule has 86 valence electrons. The van der Waals surface area contributed by atoms with E-state index in [0.29, 0.717) is 5.69 Å². The lowest BCUT2D eigenvalue weighted by atomic mass is 10.1. The molecule has 0 aromatic heterocycles. The molecule has 6 nitrogen and oxygen atoms in total. The zero-order chi connectivity index (χ0) is 12.1. The summed E-state index contributed by atoms with van der Waals surface area (Å²) >= 11 is 0. The van der Waals surface area contributed by atoms with Crippen LogP contribution in [0.25, 0.3) is 0 Å². The van der Waals surface area contributed by atoms with Gasteiger partial charge in [-0.05, 0) is 18.2 Å². The maximum Gasteiger partial charge on any atom is 0.337 e. The van der Waals surface area contributed by atoms with Gasteiger partial charge in [-0.1, -0.05) is 0 Å². The van der Waals surface area contributed by atoms with Crippen molar-refractivity contribution in [2.24, 2.45) is 0 Å². The second-order valence-corrected chi connectivity index (χ2v) is 3.09.